The molecule has 6 heteroatoms. The predicted octanol–water partition coefficient (Wildman–Crippen LogP) is 1.25. The first kappa shape index (κ1) is 15.7. The lowest BCUT2D eigenvalue weighted by Crippen LogP contribution is -2.52. The lowest BCUT2D eigenvalue weighted by molar-refractivity contribution is -0.126. The van der Waals surface area contributed by atoms with Crippen LogP contribution in [-0.2, 0) is 9.53 Å². The molecule has 1 fully saturated rings. The van der Waals surface area contributed by atoms with Gasteiger partial charge in [-0.25, -0.2) is 4.39 Å². The molecule has 0 saturated heterocycles. The number of methoxy groups -OCH3 is 1. The maximum absolute atomic E-state index is 13.0. The van der Waals surface area contributed by atoms with Gasteiger partial charge in [0.25, 0.3) is 5.91 Å². The van der Waals surface area contributed by atoms with Gasteiger partial charge in [0.1, 0.15) is 17.7 Å². The number of hydrogen-bond donors (Lipinski definition) is 2. The van der Waals surface area contributed by atoms with Crippen molar-refractivity contribution in [3.63, 3.8) is 0 Å². The Bertz CT molecular complexity index is 482. The van der Waals surface area contributed by atoms with Crippen molar-refractivity contribution in [3.05, 3.63) is 30.1 Å². The summed E-state index contributed by atoms with van der Waals surface area (Å²) >= 11 is 0. The SMILES string of the molecule is CO[C@@H]1CCC[C@@H](NC(=O)COc2cccc(F)c2)[C@H]1O. The van der Waals surface area contributed by atoms with Gasteiger partial charge in [0.2, 0.25) is 0 Å². The molecule has 1 aliphatic rings. The molecule has 0 aromatic heterocycles. The summed E-state index contributed by atoms with van der Waals surface area (Å²) in [5.41, 5.74) is 0. The number of aliphatic hydroxyl groups excluding tert-OH is 1. The lowest BCUT2D eigenvalue weighted by Gasteiger charge is -2.34. The first-order valence-corrected chi connectivity index (χ1v) is 6.98. The molecule has 0 heterocycles. The van der Waals surface area contributed by atoms with E-state index >= 15 is 0 Å². The van der Waals surface area contributed by atoms with Gasteiger partial charge in [0.15, 0.2) is 6.61 Å². The molecule has 1 aromatic carbocycles. The zero-order valence-corrected chi connectivity index (χ0v) is 11.9. The second-order valence-electron chi connectivity index (χ2n) is 5.12. The van der Waals surface area contributed by atoms with Crippen LogP contribution in [0.3, 0.4) is 0 Å². The van der Waals surface area contributed by atoms with E-state index in [1.807, 2.05) is 0 Å². The lowest BCUT2D eigenvalue weighted by atomic mass is 9.90. The smallest absolute Gasteiger partial charge is 0.258 e. The molecular weight excluding hydrogens is 277 g/mol. The fourth-order valence-electron chi connectivity index (χ4n) is 2.51. The number of nitrogens with one attached hydrogen (secondary N) is 1. The molecule has 0 spiro atoms. The normalized spacial score (nSPS) is 25.4. The van der Waals surface area contributed by atoms with E-state index in [0.29, 0.717) is 12.2 Å². The quantitative estimate of drug-likeness (QED) is 0.858. The van der Waals surface area contributed by atoms with Crippen molar-refractivity contribution in [2.75, 3.05) is 13.7 Å². The minimum Gasteiger partial charge on any atom is -0.484 e. The van der Waals surface area contributed by atoms with Crippen LogP contribution in [0.5, 0.6) is 5.75 Å². The monoisotopic (exact) mass is 297 g/mol. The third kappa shape index (κ3) is 4.41. The number of amides is 1. The van der Waals surface area contributed by atoms with Crippen molar-refractivity contribution in [2.24, 2.45) is 0 Å². The Kier molecular flexibility index (Phi) is 5.52. The highest BCUT2D eigenvalue weighted by molar-refractivity contribution is 5.77. The summed E-state index contributed by atoms with van der Waals surface area (Å²) in [5.74, 6) is -0.470. The van der Waals surface area contributed by atoms with E-state index in [0.717, 1.165) is 12.8 Å². The highest BCUT2D eigenvalue weighted by Crippen LogP contribution is 2.21. The highest BCUT2D eigenvalue weighted by atomic mass is 19.1. The molecule has 1 aromatic rings. The number of carbonyl (C=O) groups is 1. The van der Waals surface area contributed by atoms with Gasteiger partial charge < -0.3 is 19.9 Å². The van der Waals surface area contributed by atoms with E-state index < -0.39 is 11.9 Å². The van der Waals surface area contributed by atoms with Crippen molar-refractivity contribution < 1.29 is 23.8 Å². The molecule has 21 heavy (non-hydrogen) atoms. The zero-order valence-electron chi connectivity index (χ0n) is 11.9. The number of aliphatic hydroxyl groups is 1. The second kappa shape index (κ2) is 7.38. The van der Waals surface area contributed by atoms with E-state index in [2.05, 4.69) is 5.32 Å². The molecule has 1 aliphatic carbocycles. The molecular formula is C15H20FNO4. The fourth-order valence-corrected chi connectivity index (χ4v) is 2.51. The van der Waals surface area contributed by atoms with E-state index in [1.165, 1.54) is 18.2 Å². The molecule has 0 unspecified atom stereocenters. The molecule has 3 atom stereocenters. The minimum absolute atomic E-state index is 0.218. The summed E-state index contributed by atoms with van der Waals surface area (Å²) in [7, 11) is 1.55. The number of carbonyl (C=O) groups excluding carboxylic acids is 1. The Morgan fingerprint density at radius 2 is 2.29 bits per heavy atom. The van der Waals surface area contributed by atoms with Crippen LogP contribution in [0.2, 0.25) is 0 Å². The summed E-state index contributed by atoms with van der Waals surface area (Å²) in [6, 6.07) is 5.26. The molecule has 2 N–H and O–H groups in total. The molecule has 1 saturated carbocycles. The number of rotatable bonds is 5. The van der Waals surface area contributed by atoms with Gasteiger partial charge in [-0.3, -0.25) is 4.79 Å². The van der Waals surface area contributed by atoms with Crippen molar-refractivity contribution in [2.45, 2.75) is 37.5 Å². The van der Waals surface area contributed by atoms with Gasteiger partial charge >= 0.3 is 0 Å². The van der Waals surface area contributed by atoms with E-state index in [-0.39, 0.29) is 24.7 Å². The molecule has 0 aliphatic heterocycles. The van der Waals surface area contributed by atoms with Crippen molar-refractivity contribution in [1.29, 1.82) is 0 Å². The first-order chi connectivity index (χ1) is 10.1. The number of halogens is 1. The van der Waals surface area contributed by atoms with Crippen LogP contribution in [0.15, 0.2) is 24.3 Å². The number of hydrogen-bond acceptors (Lipinski definition) is 4. The Labute approximate surface area is 123 Å². The minimum atomic E-state index is -0.720. The maximum atomic E-state index is 13.0. The zero-order chi connectivity index (χ0) is 15.2. The Balaban J connectivity index is 1.81. The summed E-state index contributed by atoms with van der Waals surface area (Å²) < 4.78 is 23.4. The predicted molar refractivity (Wildman–Crippen MR) is 74.5 cm³/mol. The Morgan fingerprint density at radius 1 is 1.48 bits per heavy atom. The third-order valence-corrected chi connectivity index (χ3v) is 3.61. The van der Waals surface area contributed by atoms with Crippen LogP contribution in [0.25, 0.3) is 0 Å². The van der Waals surface area contributed by atoms with Gasteiger partial charge in [-0.1, -0.05) is 6.07 Å². The Morgan fingerprint density at radius 3 is 3.00 bits per heavy atom. The van der Waals surface area contributed by atoms with Crippen LogP contribution >= 0.6 is 0 Å². The van der Waals surface area contributed by atoms with Crippen LogP contribution in [0.1, 0.15) is 19.3 Å². The summed E-state index contributed by atoms with van der Waals surface area (Å²) in [5, 5.41) is 12.8. The van der Waals surface area contributed by atoms with Crippen molar-refractivity contribution in [1.82, 2.24) is 5.32 Å². The molecule has 2 rings (SSSR count). The largest absolute Gasteiger partial charge is 0.484 e. The van der Waals surface area contributed by atoms with Crippen LogP contribution in [0.4, 0.5) is 4.39 Å². The van der Waals surface area contributed by atoms with Crippen LogP contribution in [0, 0.1) is 5.82 Å². The second-order valence-corrected chi connectivity index (χ2v) is 5.12. The van der Waals surface area contributed by atoms with Crippen LogP contribution in [-0.4, -0.2) is 43.0 Å². The highest BCUT2D eigenvalue weighted by Gasteiger charge is 2.32. The maximum Gasteiger partial charge on any atom is 0.258 e. The van der Waals surface area contributed by atoms with Gasteiger partial charge in [0.05, 0.1) is 12.1 Å². The summed E-state index contributed by atoms with van der Waals surface area (Å²) in [6.07, 6.45) is 1.39. The Hall–Kier alpha value is -1.66. The van der Waals surface area contributed by atoms with Crippen molar-refractivity contribution in [3.8, 4) is 5.75 Å². The van der Waals surface area contributed by atoms with Gasteiger partial charge in [0, 0.05) is 13.2 Å². The van der Waals surface area contributed by atoms with E-state index in [4.69, 9.17) is 9.47 Å². The molecule has 5 nitrogen and oxygen atoms in total. The fraction of sp³-hybridized carbons (Fsp3) is 0.533. The molecule has 0 radical (unpaired) electrons. The first-order valence-electron chi connectivity index (χ1n) is 6.98. The van der Waals surface area contributed by atoms with E-state index in [1.54, 1.807) is 13.2 Å². The average molecular weight is 297 g/mol. The van der Waals surface area contributed by atoms with E-state index in [9.17, 15) is 14.3 Å². The number of ether oxygens (including phenoxy) is 2. The van der Waals surface area contributed by atoms with Gasteiger partial charge in [-0.05, 0) is 31.4 Å². The standard InChI is InChI=1S/C15H20FNO4/c1-20-13-7-3-6-12(15(13)19)17-14(18)9-21-11-5-2-4-10(16)8-11/h2,4-5,8,12-13,15,19H,3,6-7,9H2,1H3,(H,17,18)/t12-,13-,15-/m1/s1. The van der Waals surface area contributed by atoms with Gasteiger partial charge in [-0.2, -0.15) is 0 Å². The molecule has 0 bridgehead atoms. The average Bonchev–Trinajstić information content (AvgIpc) is 2.47. The van der Waals surface area contributed by atoms with Crippen LogP contribution < -0.4 is 10.1 Å². The number of benzene rings is 1. The topological polar surface area (TPSA) is 67.8 Å². The van der Waals surface area contributed by atoms with Gasteiger partial charge in [-0.15, -0.1) is 0 Å². The summed E-state index contributed by atoms with van der Waals surface area (Å²) in [6.45, 7) is -0.218. The third-order valence-electron chi connectivity index (χ3n) is 3.61. The molecule has 116 valence electrons. The van der Waals surface area contributed by atoms with Crippen molar-refractivity contribution >= 4 is 5.91 Å². The molecule has 1 amide bonds. The summed E-state index contributed by atoms with van der Waals surface area (Å²) in [4.78, 5) is 11.8.